The summed E-state index contributed by atoms with van der Waals surface area (Å²) in [6.07, 6.45) is -0.0157. The number of fused-ring (bicyclic) bond motifs is 2. The Morgan fingerprint density at radius 1 is 0.958 bits per heavy atom. The van der Waals surface area contributed by atoms with E-state index in [4.69, 9.17) is 9.90 Å². The Morgan fingerprint density at radius 3 is 2.33 bits per heavy atom. The fourth-order valence-electron chi connectivity index (χ4n) is 4.96. The molecule has 5 rings (SSSR count). The number of pyridine rings is 1. The van der Waals surface area contributed by atoms with E-state index >= 15 is 0 Å². The number of aliphatic carboxylic acids is 2. The van der Waals surface area contributed by atoms with Crippen LogP contribution in [0.3, 0.4) is 0 Å². The number of anilines is 1. The van der Waals surface area contributed by atoms with Crippen LogP contribution in [0.4, 0.5) is 19.0 Å². The van der Waals surface area contributed by atoms with Crippen LogP contribution in [0.25, 0.3) is 21.7 Å². The van der Waals surface area contributed by atoms with Crippen LogP contribution in [0.15, 0.2) is 101 Å². The molecule has 0 fully saturated rings. The zero-order valence-electron chi connectivity index (χ0n) is 24.7. The molecule has 250 valence electrons. The average molecular weight is 685 g/mol. The smallest absolute Gasteiger partial charge is 0.478 e. The van der Waals surface area contributed by atoms with E-state index in [-0.39, 0.29) is 11.3 Å². The highest BCUT2D eigenvalue weighted by Crippen LogP contribution is 2.37. The lowest BCUT2D eigenvalue weighted by Gasteiger charge is -2.33. The van der Waals surface area contributed by atoms with Gasteiger partial charge in [-0.1, -0.05) is 48.5 Å². The number of benzene rings is 3. The van der Waals surface area contributed by atoms with Crippen LogP contribution in [-0.4, -0.2) is 70.2 Å². The molecule has 0 bridgehead atoms. The summed E-state index contributed by atoms with van der Waals surface area (Å²) in [5.74, 6) is -4.86. The number of sulfonamides is 1. The van der Waals surface area contributed by atoms with Gasteiger partial charge in [-0.3, -0.25) is 5.10 Å². The summed E-state index contributed by atoms with van der Waals surface area (Å²) in [4.78, 5) is 41.4. The highest BCUT2D eigenvalue weighted by Gasteiger charge is 2.50. The van der Waals surface area contributed by atoms with E-state index in [0.29, 0.717) is 46.0 Å². The second kappa shape index (κ2) is 14.8. The van der Waals surface area contributed by atoms with Crippen molar-refractivity contribution in [1.29, 1.82) is 0 Å². The minimum Gasteiger partial charge on any atom is -0.478 e. The fraction of sp³-hybridized carbons (Fsp3) is 0.194. The number of nitrogens with zero attached hydrogens (tertiary/aromatic N) is 3. The number of carbonyl (C=O) groups is 2. The molecule has 3 aromatic carbocycles. The maximum atomic E-state index is 13.9. The van der Waals surface area contributed by atoms with Crippen molar-refractivity contribution in [1.82, 2.24) is 19.9 Å². The van der Waals surface area contributed by atoms with E-state index in [0.717, 1.165) is 0 Å². The van der Waals surface area contributed by atoms with Crippen LogP contribution in [-0.2, 0) is 24.4 Å². The van der Waals surface area contributed by atoms with E-state index in [2.05, 4.69) is 30.2 Å². The third-order valence-electron chi connectivity index (χ3n) is 7.13. The van der Waals surface area contributed by atoms with Gasteiger partial charge in [0.15, 0.2) is 0 Å². The normalized spacial score (nSPS) is 13.4. The number of carboxylic acid groups (broad SMARTS) is 2. The van der Waals surface area contributed by atoms with Crippen molar-refractivity contribution < 1.29 is 46.2 Å². The summed E-state index contributed by atoms with van der Waals surface area (Å²) in [5.41, 5.74) is -1.43. The molecule has 2 heterocycles. The van der Waals surface area contributed by atoms with Gasteiger partial charge in [0.1, 0.15) is 5.82 Å². The van der Waals surface area contributed by atoms with Crippen LogP contribution in [0, 0.1) is 0 Å². The standard InChI is InChI=1S/C29H26N6O5S.C2HF3O2/c36-19-32-29(28(37)38,35-41(39,40)26-11-5-8-20-7-1-2-9-23(20)26)24(10-6-16-31-27-12-3-4-15-30-27)21-13-14-25-22(17-21)18-33-34-25;3-2(4,5)1(6)7/h1-5,7-9,11-15,17-18,24,35H,6,10,16H2,(H,30,31)(H,33,34)(H,37,38);(H,6,7)/t24?,29-;/m0./s1. The largest absolute Gasteiger partial charge is 0.490 e. The molecule has 48 heavy (non-hydrogen) atoms. The number of halogens is 3. The topological polar surface area (TPSA) is 204 Å². The maximum absolute atomic E-state index is 13.9. The lowest BCUT2D eigenvalue weighted by atomic mass is 9.82. The molecule has 2 atom stereocenters. The SMILES string of the molecule is O=C(O)C(F)(F)F.O=C=N[C@@](NS(=O)(=O)c1cccc2ccccc12)(C(=O)O)C(CCCNc1ccccn1)c1ccc2[nH]ncc2c1. The van der Waals surface area contributed by atoms with E-state index < -0.39 is 39.7 Å². The minimum absolute atomic E-state index is 0.136. The molecule has 0 saturated heterocycles. The number of H-pyrrole nitrogens is 1. The first-order chi connectivity index (χ1) is 22.8. The van der Waals surface area contributed by atoms with Crippen molar-refractivity contribution in [3.63, 3.8) is 0 Å². The van der Waals surface area contributed by atoms with Gasteiger partial charge in [-0.15, -0.1) is 0 Å². The van der Waals surface area contributed by atoms with E-state index in [1.807, 2.05) is 6.07 Å². The monoisotopic (exact) mass is 684 g/mol. The number of nitrogens with one attached hydrogen (secondary N) is 3. The quantitative estimate of drug-likeness (QED) is 0.0689. The Hall–Kier alpha value is -5.64. The minimum atomic E-state index is -5.08. The second-order valence-corrected chi connectivity index (χ2v) is 11.9. The lowest BCUT2D eigenvalue weighted by Crippen LogP contribution is -2.57. The number of aromatic amines is 1. The zero-order valence-corrected chi connectivity index (χ0v) is 25.5. The Bertz CT molecular complexity index is 2060. The van der Waals surface area contributed by atoms with Gasteiger partial charge in [0, 0.05) is 29.4 Å². The number of hydrogen-bond acceptors (Lipinski definition) is 9. The summed E-state index contributed by atoms with van der Waals surface area (Å²) < 4.78 is 61.8. The van der Waals surface area contributed by atoms with E-state index in [9.17, 15) is 36.3 Å². The number of carbonyl (C=O) groups excluding carboxylic acids is 1. The first kappa shape index (κ1) is 35.2. The molecule has 0 saturated carbocycles. The van der Waals surface area contributed by atoms with Crippen molar-refractivity contribution in [2.24, 2.45) is 4.99 Å². The summed E-state index contributed by atoms with van der Waals surface area (Å²) in [7, 11) is -4.52. The molecule has 5 aromatic rings. The molecular formula is C31H27F3N6O7S. The number of rotatable bonds is 12. The van der Waals surface area contributed by atoms with Crippen molar-refractivity contribution in [2.45, 2.75) is 35.5 Å². The molecule has 17 heteroatoms. The number of isocyanates is 1. The Balaban J connectivity index is 0.000000671. The predicted molar refractivity (Wildman–Crippen MR) is 167 cm³/mol. The third kappa shape index (κ3) is 8.19. The van der Waals surface area contributed by atoms with Gasteiger partial charge in [0.05, 0.1) is 16.6 Å². The lowest BCUT2D eigenvalue weighted by molar-refractivity contribution is -0.192. The zero-order chi connectivity index (χ0) is 35.0. The first-order valence-corrected chi connectivity index (χ1v) is 15.5. The number of carboxylic acids is 2. The molecule has 0 radical (unpaired) electrons. The molecule has 0 spiro atoms. The molecule has 0 amide bonds. The predicted octanol–water partition coefficient (Wildman–Crippen LogP) is 4.82. The molecule has 1 unspecified atom stereocenters. The van der Waals surface area contributed by atoms with Gasteiger partial charge in [-0.25, -0.2) is 27.8 Å². The molecule has 0 aliphatic heterocycles. The van der Waals surface area contributed by atoms with Gasteiger partial charge < -0.3 is 15.5 Å². The molecule has 0 aliphatic rings. The van der Waals surface area contributed by atoms with E-state index in [1.165, 1.54) is 12.1 Å². The summed E-state index contributed by atoms with van der Waals surface area (Å²) in [5, 5.41) is 29.5. The average Bonchev–Trinajstić information content (AvgIpc) is 3.52. The van der Waals surface area contributed by atoms with Gasteiger partial charge in [-0.2, -0.15) is 28.0 Å². The van der Waals surface area contributed by atoms with Crippen LogP contribution < -0.4 is 10.0 Å². The van der Waals surface area contributed by atoms with Crippen LogP contribution in [0.1, 0.15) is 24.3 Å². The third-order valence-corrected chi connectivity index (χ3v) is 8.65. The van der Waals surface area contributed by atoms with Gasteiger partial charge in [0.2, 0.25) is 21.8 Å². The van der Waals surface area contributed by atoms with Gasteiger partial charge in [0.25, 0.3) is 0 Å². The molecule has 5 N–H and O–H groups in total. The van der Waals surface area contributed by atoms with Crippen LogP contribution in [0.5, 0.6) is 0 Å². The molecule has 13 nitrogen and oxygen atoms in total. The summed E-state index contributed by atoms with van der Waals surface area (Å²) in [6, 6.07) is 22.0. The van der Waals surface area contributed by atoms with Crippen LogP contribution >= 0.6 is 0 Å². The Kier molecular flexibility index (Phi) is 10.9. The van der Waals surface area contributed by atoms with Gasteiger partial charge >= 0.3 is 18.1 Å². The number of hydrogen-bond donors (Lipinski definition) is 5. The maximum Gasteiger partial charge on any atom is 0.490 e. The van der Waals surface area contributed by atoms with Crippen LogP contribution in [0.2, 0.25) is 0 Å². The highest BCUT2D eigenvalue weighted by molar-refractivity contribution is 7.89. The van der Waals surface area contributed by atoms with Crippen molar-refractivity contribution >= 4 is 55.5 Å². The molecular weight excluding hydrogens is 657 g/mol. The van der Waals surface area contributed by atoms with Crippen molar-refractivity contribution in [2.75, 3.05) is 11.9 Å². The Labute approximate surface area is 270 Å². The fourth-order valence-corrected chi connectivity index (χ4v) is 6.49. The number of aromatic nitrogens is 3. The Morgan fingerprint density at radius 2 is 1.67 bits per heavy atom. The van der Waals surface area contributed by atoms with E-state index in [1.54, 1.807) is 79.1 Å². The summed E-state index contributed by atoms with van der Waals surface area (Å²) >= 11 is 0. The molecule has 2 aromatic heterocycles. The van der Waals surface area contributed by atoms with Crippen molar-refractivity contribution in [3.8, 4) is 0 Å². The summed E-state index contributed by atoms with van der Waals surface area (Å²) in [6.45, 7) is 0.401. The van der Waals surface area contributed by atoms with Crippen molar-refractivity contribution in [3.05, 3.63) is 96.8 Å². The molecule has 0 aliphatic carbocycles. The second-order valence-electron chi connectivity index (χ2n) is 10.2. The number of alkyl halides is 3. The highest BCUT2D eigenvalue weighted by atomic mass is 32.2. The first-order valence-electron chi connectivity index (χ1n) is 14.0. The van der Waals surface area contributed by atoms with Gasteiger partial charge in [-0.05, 0) is 54.1 Å². The number of aliphatic imine (C=N–C) groups is 1.